The molecule has 4 aromatic rings. The summed E-state index contributed by atoms with van der Waals surface area (Å²) in [6, 6.07) is 31.7. The van der Waals surface area contributed by atoms with Gasteiger partial charge in [0.2, 0.25) is 0 Å². The Hall–Kier alpha value is -2.62. The maximum Gasteiger partial charge on any atom is 0.0704 e. The van der Waals surface area contributed by atoms with E-state index in [1.54, 1.807) is 11.3 Å². The Kier molecular flexibility index (Phi) is 5.52. The molecule has 0 aliphatic heterocycles. The molecule has 0 radical (unpaired) electrons. The third-order valence-electron chi connectivity index (χ3n) is 4.24. The van der Waals surface area contributed by atoms with Crippen LogP contribution in [0.25, 0.3) is 12.2 Å². The van der Waals surface area contributed by atoms with E-state index < -0.39 is 0 Å². The van der Waals surface area contributed by atoms with Crippen LogP contribution in [0.1, 0.15) is 11.1 Å². The van der Waals surface area contributed by atoms with Gasteiger partial charge in [-0.2, -0.15) is 0 Å². The summed E-state index contributed by atoms with van der Waals surface area (Å²) in [4.78, 5) is 2.27. The second-order valence-electron chi connectivity index (χ2n) is 6.12. The van der Waals surface area contributed by atoms with Crippen LogP contribution in [-0.4, -0.2) is 0 Å². The number of thiophene rings is 1. The van der Waals surface area contributed by atoms with Gasteiger partial charge in [-0.1, -0.05) is 60.7 Å². The largest absolute Gasteiger partial charge is 0.311 e. The van der Waals surface area contributed by atoms with Gasteiger partial charge in [0.05, 0.1) is 3.79 Å². The average Bonchev–Trinajstić information content (AvgIpc) is 3.14. The third kappa shape index (κ3) is 4.38. The standard InChI is InChI=1S/C24H18BrNS/c25-24-17-20(18-27-24)12-11-19-13-15-23(16-14-19)26(21-7-3-1-4-8-21)22-9-5-2-6-10-22/h1-18H. The highest BCUT2D eigenvalue weighted by molar-refractivity contribution is 9.11. The molecule has 0 amide bonds. The van der Waals surface area contributed by atoms with Crippen molar-refractivity contribution in [2.45, 2.75) is 0 Å². The molecule has 3 aromatic carbocycles. The Bertz CT molecular complexity index is 981. The lowest BCUT2D eigenvalue weighted by Gasteiger charge is -2.25. The van der Waals surface area contributed by atoms with E-state index in [1.807, 2.05) is 12.1 Å². The minimum Gasteiger partial charge on any atom is -0.311 e. The number of nitrogens with zero attached hydrogens (tertiary/aromatic N) is 1. The van der Waals surface area contributed by atoms with E-state index in [-0.39, 0.29) is 0 Å². The number of benzene rings is 3. The molecular weight excluding hydrogens is 414 g/mol. The normalized spacial score (nSPS) is 11.0. The number of hydrogen-bond acceptors (Lipinski definition) is 2. The van der Waals surface area contributed by atoms with Gasteiger partial charge >= 0.3 is 0 Å². The average molecular weight is 432 g/mol. The van der Waals surface area contributed by atoms with Crippen LogP contribution in [0.15, 0.2) is 100 Å². The first-order chi connectivity index (χ1) is 13.3. The lowest BCUT2D eigenvalue weighted by atomic mass is 10.1. The molecule has 1 nitrogen and oxygen atoms in total. The Morgan fingerprint density at radius 1 is 0.630 bits per heavy atom. The molecule has 0 unspecified atom stereocenters. The first-order valence-corrected chi connectivity index (χ1v) is 10.4. The summed E-state index contributed by atoms with van der Waals surface area (Å²) in [5, 5.41) is 2.14. The summed E-state index contributed by atoms with van der Waals surface area (Å²) in [6.07, 6.45) is 4.29. The van der Waals surface area contributed by atoms with Crippen molar-refractivity contribution in [3.8, 4) is 0 Å². The molecule has 27 heavy (non-hydrogen) atoms. The number of para-hydroxylation sites is 2. The van der Waals surface area contributed by atoms with E-state index >= 15 is 0 Å². The summed E-state index contributed by atoms with van der Waals surface area (Å²) < 4.78 is 1.15. The Labute approximate surface area is 172 Å². The van der Waals surface area contributed by atoms with Gasteiger partial charge in [-0.3, -0.25) is 0 Å². The quantitative estimate of drug-likeness (QED) is 0.308. The van der Waals surface area contributed by atoms with E-state index in [1.165, 1.54) is 11.1 Å². The maximum absolute atomic E-state index is 3.51. The second kappa shape index (κ2) is 8.38. The predicted molar refractivity (Wildman–Crippen MR) is 122 cm³/mol. The van der Waals surface area contributed by atoms with Crippen LogP contribution in [0.3, 0.4) is 0 Å². The molecular formula is C24H18BrNS. The molecule has 0 saturated carbocycles. The molecule has 0 aliphatic rings. The van der Waals surface area contributed by atoms with Gasteiger partial charge in [-0.05, 0) is 74.9 Å². The predicted octanol–water partition coefficient (Wildman–Crippen LogP) is 8.15. The number of rotatable bonds is 5. The van der Waals surface area contributed by atoms with Crippen LogP contribution in [-0.2, 0) is 0 Å². The summed E-state index contributed by atoms with van der Waals surface area (Å²) in [5.41, 5.74) is 5.83. The smallest absolute Gasteiger partial charge is 0.0704 e. The van der Waals surface area contributed by atoms with E-state index in [9.17, 15) is 0 Å². The molecule has 0 aliphatic carbocycles. The van der Waals surface area contributed by atoms with Gasteiger partial charge in [0.25, 0.3) is 0 Å². The van der Waals surface area contributed by atoms with E-state index in [0.717, 1.165) is 20.8 Å². The van der Waals surface area contributed by atoms with Crippen LogP contribution in [0.4, 0.5) is 17.1 Å². The van der Waals surface area contributed by atoms with Gasteiger partial charge in [0.15, 0.2) is 0 Å². The summed E-state index contributed by atoms with van der Waals surface area (Å²) in [7, 11) is 0. The van der Waals surface area contributed by atoms with Crippen molar-refractivity contribution in [1.29, 1.82) is 0 Å². The highest BCUT2D eigenvalue weighted by atomic mass is 79.9. The molecule has 0 saturated heterocycles. The van der Waals surface area contributed by atoms with Gasteiger partial charge < -0.3 is 4.90 Å². The molecule has 0 atom stereocenters. The number of halogens is 1. The van der Waals surface area contributed by atoms with Gasteiger partial charge in [-0.25, -0.2) is 0 Å². The number of hydrogen-bond donors (Lipinski definition) is 0. The Morgan fingerprint density at radius 3 is 1.67 bits per heavy atom. The van der Waals surface area contributed by atoms with Gasteiger partial charge in [-0.15, -0.1) is 11.3 Å². The first kappa shape index (κ1) is 17.8. The zero-order chi connectivity index (χ0) is 18.5. The lowest BCUT2D eigenvalue weighted by Crippen LogP contribution is -2.09. The second-order valence-corrected chi connectivity index (χ2v) is 8.41. The maximum atomic E-state index is 3.51. The molecule has 1 heterocycles. The zero-order valence-electron chi connectivity index (χ0n) is 14.6. The highest BCUT2D eigenvalue weighted by Gasteiger charge is 2.11. The molecule has 132 valence electrons. The molecule has 1 aromatic heterocycles. The summed E-state index contributed by atoms with van der Waals surface area (Å²) in [6.45, 7) is 0. The topological polar surface area (TPSA) is 3.24 Å². The van der Waals surface area contributed by atoms with Gasteiger partial charge in [0.1, 0.15) is 0 Å². The molecule has 0 spiro atoms. The summed E-state index contributed by atoms with van der Waals surface area (Å²) >= 11 is 5.21. The van der Waals surface area contributed by atoms with E-state index in [2.05, 4.69) is 117 Å². The molecule has 3 heteroatoms. The molecule has 0 fully saturated rings. The van der Waals surface area contributed by atoms with Crippen LogP contribution >= 0.6 is 27.3 Å². The monoisotopic (exact) mass is 431 g/mol. The van der Waals surface area contributed by atoms with E-state index in [4.69, 9.17) is 0 Å². The first-order valence-electron chi connectivity index (χ1n) is 8.72. The molecule has 0 N–H and O–H groups in total. The third-order valence-corrected chi connectivity index (χ3v) is 5.76. The lowest BCUT2D eigenvalue weighted by molar-refractivity contribution is 1.28. The van der Waals surface area contributed by atoms with Crippen molar-refractivity contribution >= 4 is 56.5 Å². The fraction of sp³-hybridized carbons (Fsp3) is 0. The molecule has 0 bridgehead atoms. The number of anilines is 3. The fourth-order valence-electron chi connectivity index (χ4n) is 2.94. The Morgan fingerprint density at radius 2 is 1.15 bits per heavy atom. The van der Waals surface area contributed by atoms with Crippen molar-refractivity contribution in [3.05, 3.63) is 111 Å². The zero-order valence-corrected chi connectivity index (χ0v) is 17.0. The van der Waals surface area contributed by atoms with Crippen LogP contribution < -0.4 is 4.90 Å². The Balaban J connectivity index is 1.64. The SMILES string of the molecule is Brc1cc(C=Cc2ccc(N(c3ccccc3)c3ccccc3)cc2)cs1. The van der Waals surface area contributed by atoms with Crippen molar-refractivity contribution in [2.75, 3.05) is 4.90 Å². The van der Waals surface area contributed by atoms with Crippen molar-refractivity contribution in [1.82, 2.24) is 0 Å². The minimum absolute atomic E-state index is 1.14. The van der Waals surface area contributed by atoms with Crippen LogP contribution in [0, 0.1) is 0 Å². The minimum atomic E-state index is 1.14. The van der Waals surface area contributed by atoms with Crippen LogP contribution in [0.2, 0.25) is 0 Å². The van der Waals surface area contributed by atoms with Gasteiger partial charge in [0, 0.05) is 17.1 Å². The molecule has 4 rings (SSSR count). The van der Waals surface area contributed by atoms with E-state index in [0.29, 0.717) is 0 Å². The highest BCUT2D eigenvalue weighted by Crippen LogP contribution is 2.34. The van der Waals surface area contributed by atoms with Crippen molar-refractivity contribution in [3.63, 3.8) is 0 Å². The van der Waals surface area contributed by atoms with Crippen molar-refractivity contribution < 1.29 is 0 Å². The fourth-order valence-corrected chi connectivity index (χ4v) is 4.08. The summed E-state index contributed by atoms with van der Waals surface area (Å²) in [5.74, 6) is 0. The van der Waals surface area contributed by atoms with Crippen LogP contribution in [0.5, 0.6) is 0 Å². The van der Waals surface area contributed by atoms with Crippen molar-refractivity contribution in [2.24, 2.45) is 0 Å².